The van der Waals surface area contributed by atoms with Gasteiger partial charge in [-0.05, 0) is 23.9 Å². The molecule has 1 fully saturated rings. The first-order chi connectivity index (χ1) is 11.8. The molecule has 3 aromatic rings. The predicted octanol–water partition coefficient (Wildman–Crippen LogP) is 2.42. The van der Waals surface area contributed by atoms with Gasteiger partial charge in [-0.1, -0.05) is 18.2 Å². The monoisotopic (exact) mass is 323 g/mol. The Labute approximate surface area is 141 Å². The fourth-order valence-corrected chi connectivity index (χ4v) is 3.33. The molecule has 0 aliphatic carbocycles. The summed E-state index contributed by atoms with van der Waals surface area (Å²) in [6.45, 7) is 6.34. The zero-order valence-electron chi connectivity index (χ0n) is 13.8. The van der Waals surface area contributed by atoms with Crippen LogP contribution in [0.5, 0.6) is 0 Å². The number of benzene rings is 1. The van der Waals surface area contributed by atoms with Crippen molar-refractivity contribution in [3.8, 4) is 0 Å². The van der Waals surface area contributed by atoms with Crippen LogP contribution in [-0.2, 0) is 17.8 Å². The molecular weight excluding hydrogens is 302 g/mol. The number of morpholine rings is 1. The summed E-state index contributed by atoms with van der Waals surface area (Å²) in [5.41, 5.74) is 1.33. The molecule has 6 nitrogen and oxygen atoms in total. The van der Waals surface area contributed by atoms with E-state index in [1.165, 1.54) is 16.3 Å². The number of aromatic nitrogens is 4. The third kappa shape index (κ3) is 2.90. The predicted molar refractivity (Wildman–Crippen MR) is 91.4 cm³/mol. The SMILES string of the molecule is CCn1cnnc1C1CN(Cc2cccc3cnccc23)CCO1. The molecule has 1 saturated heterocycles. The van der Waals surface area contributed by atoms with Crippen LogP contribution in [0.4, 0.5) is 0 Å². The third-order valence-electron chi connectivity index (χ3n) is 4.59. The third-order valence-corrected chi connectivity index (χ3v) is 4.59. The van der Waals surface area contributed by atoms with Crippen LogP contribution in [0.2, 0.25) is 0 Å². The van der Waals surface area contributed by atoms with Crippen LogP contribution in [-0.4, -0.2) is 44.3 Å². The summed E-state index contributed by atoms with van der Waals surface area (Å²) >= 11 is 0. The summed E-state index contributed by atoms with van der Waals surface area (Å²) in [7, 11) is 0. The van der Waals surface area contributed by atoms with Gasteiger partial charge in [0.1, 0.15) is 12.4 Å². The van der Waals surface area contributed by atoms with Crippen LogP contribution >= 0.6 is 0 Å². The molecule has 0 radical (unpaired) electrons. The first kappa shape index (κ1) is 15.2. The molecule has 3 heterocycles. The highest BCUT2D eigenvalue weighted by molar-refractivity contribution is 5.84. The van der Waals surface area contributed by atoms with E-state index < -0.39 is 0 Å². The molecule has 4 rings (SSSR count). The normalized spacial score (nSPS) is 19.0. The van der Waals surface area contributed by atoms with Crippen molar-refractivity contribution in [2.45, 2.75) is 26.1 Å². The molecule has 1 atom stereocenters. The van der Waals surface area contributed by atoms with Crippen molar-refractivity contribution in [1.29, 1.82) is 0 Å². The largest absolute Gasteiger partial charge is 0.368 e. The number of rotatable bonds is 4. The van der Waals surface area contributed by atoms with Crippen molar-refractivity contribution in [3.05, 3.63) is 54.4 Å². The Morgan fingerprint density at radius 1 is 1.29 bits per heavy atom. The summed E-state index contributed by atoms with van der Waals surface area (Å²) in [5.74, 6) is 0.921. The van der Waals surface area contributed by atoms with Gasteiger partial charge in [0.25, 0.3) is 0 Å². The van der Waals surface area contributed by atoms with Gasteiger partial charge in [0.2, 0.25) is 0 Å². The average Bonchev–Trinajstić information content (AvgIpc) is 3.11. The topological polar surface area (TPSA) is 56.1 Å². The Balaban J connectivity index is 1.54. The van der Waals surface area contributed by atoms with Crippen LogP contribution < -0.4 is 0 Å². The lowest BCUT2D eigenvalue weighted by Gasteiger charge is -2.32. The van der Waals surface area contributed by atoms with Crippen molar-refractivity contribution >= 4 is 10.8 Å². The molecule has 0 saturated carbocycles. The molecular formula is C18H21N5O. The standard InChI is InChI=1S/C18H21N5O/c1-2-23-13-20-21-18(23)17-12-22(8-9-24-17)11-15-5-3-4-14-10-19-7-6-16(14)15/h3-7,10,13,17H,2,8-9,11-12H2,1H3. The van der Waals surface area contributed by atoms with E-state index in [4.69, 9.17) is 4.74 Å². The van der Waals surface area contributed by atoms with E-state index in [2.05, 4.69) is 55.8 Å². The number of hydrogen-bond acceptors (Lipinski definition) is 5. The van der Waals surface area contributed by atoms with Gasteiger partial charge in [0, 0.05) is 44.0 Å². The maximum Gasteiger partial charge on any atom is 0.163 e. The molecule has 2 aromatic heterocycles. The molecule has 0 spiro atoms. The van der Waals surface area contributed by atoms with E-state index in [9.17, 15) is 0 Å². The smallest absolute Gasteiger partial charge is 0.163 e. The highest BCUT2D eigenvalue weighted by Gasteiger charge is 2.26. The molecule has 24 heavy (non-hydrogen) atoms. The lowest BCUT2D eigenvalue weighted by Crippen LogP contribution is -2.38. The molecule has 1 aliphatic rings. The minimum atomic E-state index is -0.0159. The first-order valence-corrected chi connectivity index (χ1v) is 8.38. The van der Waals surface area contributed by atoms with Gasteiger partial charge in [0.05, 0.1) is 6.61 Å². The van der Waals surface area contributed by atoms with Crippen LogP contribution in [0.25, 0.3) is 10.8 Å². The Kier molecular flexibility index (Phi) is 4.23. The molecule has 1 aliphatic heterocycles. The molecule has 0 N–H and O–H groups in total. The van der Waals surface area contributed by atoms with Crippen LogP contribution in [0.15, 0.2) is 43.0 Å². The van der Waals surface area contributed by atoms with Crippen molar-refractivity contribution < 1.29 is 4.74 Å². The lowest BCUT2D eigenvalue weighted by atomic mass is 10.1. The maximum atomic E-state index is 5.95. The second-order valence-electron chi connectivity index (χ2n) is 6.08. The summed E-state index contributed by atoms with van der Waals surface area (Å²) < 4.78 is 8.00. The Morgan fingerprint density at radius 3 is 3.17 bits per heavy atom. The zero-order valence-corrected chi connectivity index (χ0v) is 13.8. The number of aryl methyl sites for hydroxylation is 1. The van der Waals surface area contributed by atoms with Gasteiger partial charge in [-0.15, -0.1) is 10.2 Å². The van der Waals surface area contributed by atoms with Crippen molar-refractivity contribution in [3.63, 3.8) is 0 Å². The maximum absolute atomic E-state index is 5.95. The molecule has 124 valence electrons. The van der Waals surface area contributed by atoms with Crippen molar-refractivity contribution in [2.75, 3.05) is 19.7 Å². The van der Waals surface area contributed by atoms with Crippen LogP contribution in [0.3, 0.4) is 0 Å². The van der Waals surface area contributed by atoms with Gasteiger partial charge in [0.15, 0.2) is 5.82 Å². The summed E-state index contributed by atoms with van der Waals surface area (Å²) in [6.07, 6.45) is 5.54. The Bertz CT molecular complexity index is 826. The van der Waals surface area contributed by atoms with E-state index in [1.54, 1.807) is 6.33 Å². The zero-order chi connectivity index (χ0) is 16.4. The molecule has 1 aromatic carbocycles. The number of pyridine rings is 1. The first-order valence-electron chi connectivity index (χ1n) is 8.38. The van der Waals surface area contributed by atoms with Gasteiger partial charge in [-0.25, -0.2) is 0 Å². The highest BCUT2D eigenvalue weighted by Crippen LogP contribution is 2.24. The van der Waals surface area contributed by atoms with Gasteiger partial charge in [-0.3, -0.25) is 9.88 Å². The van der Waals surface area contributed by atoms with Crippen LogP contribution in [0.1, 0.15) is 24.4 Å². The van der Waals surface area contributed by atoms with E-state index in [0.29, 0.717) is 6.61 Å². The van der Waals surface area contributed by atoms with E-state index >= 15 is 0 Å². The van der Waals surface area contributed by atoms with E-state index in [0.717, 1.165) is 32.0 Å². The highest BCUT2D eigenvalue weighted by atomic mass is 16.5. The van der Waals surface area contributed by atoms with Crippen molar-refractivity contribution in [1.82, 2.24) is 24.6 Å². The van der Waals surface area contributed by atoms with Gasteiger partial charge < -0.3 is 9.30 Å². The Morgan fingerprint density at radius 2 is 2.25 bits per heavy atom. The number of hydrogen-bond donors (Lipinski definition) is 0. The van der Waals surface area contributed by atoms with Crippen LogP contribution in [0, 0.1) is 0 Å². The lowest BCUT2D eigenvalue weighted by molar-refractivity contribution is -0.0387. The molecule has 0 bridgehead atoms. The molecule has 0 amide bonds. The van der Waals surface area contributed by atoms with E-state index in [1.807, 2.05) is 12.4 Å². The second kappa shape index (κ2) is 6.67. The second-order valence-corrected chi connectivity index (χ2v) is 6.08. The average molecular weight is 323 g/mol. The quantitative estimate of drug-likeness (QED) is 0.738. The minimum Gasteiger partial charge on any atom is -0.368 e. The fourth-order valence-electron chi connectivity index (χ4n) is 3.33. The molecule has 1 unspecified atom stereocenters. The summed E-state index contributed by atoms with van der Waals surface area (Å²) in [4.78, 5) is 6.64. The fraction of sp³-hybridized carbons (Fsp3) is 0.389. The number of ether oxygens (including phenoxy) is 1. The molecule has 6 heteroatoms. The number of nitrogens with zero attached hydrogens (tertiary/aromatic N) is 5. The summed E-state index contributed by atoms with van der Waals surface area (Å²) in [5, 5.41) is 10.7. The van der Waals surface area contributed by atoms with Gasteiger partial charge >= 0.3 is 0 Å². The van der Waals surface area contributed by atoms with E-state index in [-0.39, 0.29) is 6.10 Å². The Hall–Kier alpha value is -2.31. The van der Waals surface area contributed by atoms with Gasteiger partial charge in [-0.2, -0.15) is 0 Å². The minimum absolute atomic E-state index is 0.0159. The summed E-state index contributed by atoms with van der Waals surface area (Å²) in [6, 6.07) is 8.50. The van der Waals surface area contributed by atoms with Crippen molar-refractivity contribution in [2.24, 2.45) is 0 Å². The number of fused-ring (bicyclic) bond motifs is 1.